The highest BCUT2D eigenvalue weighted by molar-refractivity contribution is 7.89. The van der Waals surface area contributed by atoms with Crippen LogP contribution < -0.4 is 9.55 Å². The van der Waals surface area contributed by atoms with Crippen LogP contribution in [-0.2, 0) is 29.6 Å². The Morgan fingerprint density at radius 2 is 1.45 bits per heavy atom. The molecule has 180 valence electrons. The van der Waals surface area contributed by atoms with Gasteiger partial charge in [0.15, 0.2) is 0 Å². The second-order valence-electron chi connectivity index (χ2n) is 8.61. The van der Waals surface area contributed by atoms with Crippen LogP contribution >= 0.6 is 0 Å². The summed E-state index contributed by atoms with van der Waals surface area (Å²) in [5.74, 6) is -0.991. The molecule has 1 atom stereocenters. The van der Waals surface area contributed by atoms with Crippen LogP contribution in [0.4, 0.5) is 0 Å². The largest absolute Gasteiger partial charge is 0.459 e. The number of hydrogen-bond donors (Lipinski definition) is 2. The fraction of sp³-hybridized carbons (Fsp3) is 0.364. The number of rotatable bonds is 9. The number of hydrogen-bond acceptors (Lipinski definition) is 7. The summed E-state index contributed by atoms with van der Waals surface area (Å²) in [5.41, 5.74) is -0.282. The fourth-order valence-electron chi connectivity index (χ4n) is 2.61. The zero-order valence-corrected chi connectivity index (χ0v) is 20.8. The third-order valence-corrected chi connectivity index (χ3v) is 6.94. The lowest BCUT2D eigenvalue weighted by atomic mass is 10.1. The molecule has 2 aromatic carbocycles. The first kappa shape index (κ1) is 26.5. The maximum atomic E-state index is 12.8. The van der Waals surface area contributed by atoms with Crippen molar-refractivity contribution in [1.82, 2.24) is 9.55 Å². The SMILES string of the molecule is CC(C)[C@@H](NS(=O)(=O)c1ccc(/C=N/NS(=O)(=O)c2ccccc2)cc1)C(=O)OC(C)(C)C. The average Bonchev–Trinajstić information content (AvgIpc) is 2.71. The van der Waals surface area contributed by atoms with E-state index in [1.54, 1.807) is 52.8 Å². The summed E-state index contributed by atoms with van der Waals surface area (Å²) in [6.07, 6.45) is 1.25. The van der Waals surface area contributed by atoms with Gasteiger partial charge in [0.1, 0.15) is 11.6 Å². The lowest BCUT2D eigenvalue weighted by molar-refractivity contribution is -0.158. The van der Waals surface area contributed by atoms with E-state index in [9.17, 15) is 21.6 Å². The van der Waals surface area contributed by atoms with Crippen molar-refractivity contribution < 1.29 is 26.4 Å². The van der Waals surface area contributed by atoms with Gasteiger partial charge in [-0.05, 0) is 56.5 Å². The van der Waals surface area contributed by atoms with E-state index >= 15 is 0 Å². The monoisotopic (exact) mass is 495 g/mol. The van der Waals surface area contributed by atoms with Crippen LogP contribution in [0.3, 0.4) is 0 Å². The van der Waals surface area contributed by atoms with E-state index in [4.69, 9.17) is 4.74 Å². The van der Waals surface area contributed by atoms with Crippen molar-refractivity contribution in [3.63, 3.8) is 0 Å². The highest BCUT2D eigenvalue weighted by Crippen LogP contribution is 2.16. The molecule has 0 aliphatic carbocycles. The second-order valence-corrected chi connectivity index (χ2v) is 12.0. The highest BCUT2D eigenvalue weighted by Gasteiger charge is 2.32. The van der Waals surface area contributed by atoms with Gasteiger partial charge in [0, 0.05) is 0 Å². The van der Waals surface area contributed by atoms with Crippen LogP contribution in [0.5, 0.6) is 0 Å². The molecular formula is C22H29N3O6S2. The maximum Gasteiger partial charge on any atom is 0.324 e. The van der Waals surface area contributed by atoms with Gasteiger partial charge in [-0.2, -0.15) is 18.2 Å². The van der Waals surface area contributed by atoms with Crippen LogP contribution in [-0.4, -0.2) is 40.7 Å². The van der Waals surface area contributed by atoms with Gasteiger partial charge in [-0.25, -0.2) is 13.2 Å². The number of sulfonamides is 2. The third-order valence-electron chi connectivity index (χ3n) is 4.24. The Morgan fingerprint density at radius 3 is 1.97 bits per heavy atom. The number of ether oxygens (including phenoxy) is 1. The molecule has 0 saturated heterocycles. The molecule has 0 bridgehead atoms. The van der Waals surface area contributed by atoms with E-state index in [0.29, 0.717) is 5.56 Å². The molecule has 0 amide bonds. The number of carbonyl (C=O) groups excluding carboxylic acids is 1. The predicted molar refractivity (Wildman–Crippen MR) is 126 cm³/mol. The van der Waals surface area contributed by atoms with Gasteiger partial charge >= 0.3 is 5.97 Å². The summed E-state index contributed by atoms with van der Waals surface area (Å²) in [6.45, 7) is 8.55. The molecule has 0 unspecified atom stereocenters. The highest BCUT2D eigenvalue weighted by atomic mass is 32.2. The van der Waals surface area contributed by atoms with Crippen LogP contribution in [0.15, 0.2) is 69.5 Å². The quantitative estimate of drug-likeness (QED) is 0.312. The van der Waals surface area contributed by atoms with Crippen LogP contribution in [0.25, 0.3) is 0 Å². The summed E-state index contributed by atoms with van der Waals surface area (Å²) >= 11 is 0. The molecule has 0 heterocycles. The van der Waals surface area contributed by atoms with Gasteiger partial charge in [-0.1, -0.05) is 44.2 Å². The Kier molecular flexibility index (Phi) is 8.39. The molecule has 9 nitrogen and oxygen atoms in total. The Morgan fingerprint density at radius 1 is 0.909 bits per heavy atom. The number of benzene rings is 2. The van der Waals surface area contributed by atoms with E-state index in [-0.39, 0.29) is 15.7 Å². The number of esters is 1. The minimum absolute atomic E-state index is 0.0567. The van der Waals surface area contributed by atoms with E-state index in [0.717, 1.165) is 0 Å². The summed E-state index contributed by atoms with van der Waals surface area (Å²) in [6, 6.07) is 12.3. The second kappa shape index (κ2) is 10.4. The first-order chi connectivity index (χ1) is 15.2. The van der Waals surface area contributed by atoms with Crippen LogP contribution in [0.2, 0.25) is 0 Å². The molecule has 33 heavy (non-hydrogen) atoms. The zero-order valence-electron chi connectivity index (χ0n) is 19.1. The number of carbonyl (C=O) groups is 1. The Bertz CT molecular complexity index is 1180. The maximum absolute atomic E-state index is 12.8. The van der Waals surface area contributed by atoms with Crippen molar-refractivity contribution in [2.24, 2.45) is 11.0 Å². The molecule has 0 saturated carbocycles. The van der Waals surface area contributed by atoms with Gasteiger partial charge in [0.05, 0.1) is 16.0 Å². The third kappa shape index (κ3) is 7.95. The first-order valence-electron chi connectivity index (χ1n) is 10.2. The summed E-state index contributed by atoms with van der Waals surface area (Å²) in [7, 11) is -7.81. The molecular weight excluding hydrogens is 466 g/mol. The van der Waals surface area contributed by atoms with Crippen molar-refractivity contribution >= 4 is 32.2 Å². The molecule has 11 heteroatoms. The van der Waals surface area contributed by atoms with E-state index in [1.807, 2.05) is 0 Å². The van der Waals surface area contributed by atoms with E-state index in [1.165, 1.54) is 42.6 Å². The molecule has 0 spiro atoms. The minimum Gasteiger partial charge on any atom is -0.459 e. The smallest absolute Gasteiger partial charge is 0.324 e. The average molecular weight is 496 g/mol. The van der Waals surface area contributed by atoms with Crippen molar-refractivity contribution in [1.29, 1.82) is 0 Å². The van der Waals surface area contributed by atoms with Crippen molar-refractivity contribution in [2.45, 2.75) is 56.1 Å². The molecule has 2 N–H and O–H groups in total. The molecule has 2 rings (SSSR count). The molecule has 0 radical (unpaired) electrons. The predicted octanol–water partition coefficient (Wildman–Crippen LogP) is 2.64. The van der Waals surface area contributed by atoms with Gasteiger partial charge in [0.25, 0.3) is 10.0 Å². The molecule has 0 aliphatic rings. The molecule has 0 fully saturated rings. The van der Waals surface area contributed by atoms with Crippen molar-refractivity contribution in [3.05, 3.63) is 60.2 Å². The zero-order chi connectivity index (χ0) is 24.9. The van der Waals surface area contributed by atoms with E-state index < -0.39 is 37.7 Å². The van der Waals surface area contributed by atoms with Crippen LogP contribution in [0, 0.1) is 5.92 Å². The number of hydrazone groups is 1. The Balaban J connectivity index is 2.11. The Labute approximate surface area is 195 Å². The minimum atomic E-state index is -4.01. The molecule has 2 aromatic rings. The van der Waals surface area contributed by atoms with E-state index in [2.05, 4.69) is 14.7 Å². The first-order valence-corrected chi connectivity index (χ1v) is 13.1. The number of nitrogens with zero attached hydrogens (tertiary/aromatic N) is 1. The summed E-state index contributed by atoms with van der Waals surface area (Å²) in [4.78, 5) is 14.6. The number of nitrogens with one attached hydrogen (secondary N) is 2. The lowest BCUT2D eigenvalue weighted by Gasteiger charge is -2.26. The fourth-order valence-corrected chi connectivity index (χ4v) is 4.76. The van der Waals surface area contributed by atoms with Gasteiger partial charge in [0.2, 0.25) is 10.0 Å². The van der Waals surface area contributed by atoms with Gasteiger partial charge in [-0.3, -0.25) is 4.79 Å². The molecule has 0 aromatic heterocycles. The topological polar surface area (TPSA) is 131 Å². The van der Waals surface area contributed by atoms with Crippen LogP contribution in [0.1, 0.15) is 40.2 Å². The van der Waals surface area contributed by atoms with Crippen molar-refractivity contribution in [2.75, 3.05) is 0 Å². The van der Waals surface area contributed by atoms with Gasteiger partial charge < -0.3 is 4.74 Å². The molecule has 0 aliphatic heterocycles. The normalized spacial score (nSPS) is 13.8. The van der Waals surface area contributed by atoms with Crippen molar-refractivity contribution in [3.8, 4) is 0 Å². The standard InChI is InChI=1S/C22H29N3O6S2/c1-16(2)20(21(26)31-22(3,4)5)24-32(27,28)19-13-11-17(12-14-19)15-23-25-33(29,30)18-9-7-6-8-10-18/h6-16,20,24-25H,1-5H3/b23-15+/t20-/m1/s1. The summed E-state index contributed by atoms with van der Waals surface area (Å²) < 4.78 is 57.6. The van der Waals surface area contributed by atoms with Gasteiger partial charge in [-0.15, -0.1) is 0 Å². The Hall–Kier alpha value is -2.76. The summed E-state index contributed by atoms with van der Waals surface area (Å²) in [5, 5.41) is 3.72. The lowest BCUT2D eigenvalue weighted by Crippen LogP contribution is -2.47.